The number of halogens is 1. The average Bonchev–Trinajstić information content (AvgIpc) is 3.46. The SMILES string of the molecule is Cn1c(N[C@@H](CCc2ccccc2)C2CCCN2)nc(-c2ccncc2)c(-c2ccc(F)cc2)c1=O. The van der Waals surface area contributed by atoms with Gasteiger partial charge in [0.25, 0.3) is 5.56 Å². The second-order valence-corrected chi connectivity index (χ2v) is 9.24. The van der Waals surface area contributed by atoms with Gasteiger partial charge in [0.1, 0.15) is 5.82 Å². The molecular weight excluding hydrogens is 453 g/mol. The monoisotopic (exact) mass is 483 g/mol. The number of nitrogens with one attached hydrogen (secondary N) is 2. The third-order valence-corrected chi connectivity index (χ3v) is 6.86. The van der Waals surface area contributed by atoms with Gasteiger partial charge < -0.3 is 10.6 Å². The Morgan fingerprint density at radius 1 is 1.06 bits per heavy atom. The van der Waals surface area contributed by atoms with E-state index < -0.39 is 0 Å². The summed E-state index contributed by atoms with van der Waals surface area (Å²) in [5, 5.41) is 7.23. The molecule has 1 aliphatic heterocycles. The number of anilines is 1. The fourth-order valence-electron chi connectivity index (χ4n) is 4.89. The van der Waals surface area contributed by atoms with E-state index in [2.05, 4.69) is 39.9 Å². The third kappa shape index (κ3) is 5.21. The minimum absolute atomic E-state index is 0.104. The van der Waals surface area contributed by atoms with Gasteiger partial charge in [-0.05, 0) is 67.6 Å². The summed E-state index contributed by atoms with van der Waals surface area (Å²) in [5.41, 5.74) is 3.50. The Kier molecular flexibility index (Phi) is 7.18. The fraction of sp³-hybridized carbons (Fsp3) is 0.276. The van der Waals surface area contributed by atoms with Gasteiger partial charge in [-0.25, -0.2) is 9.37 Å². The molecule has 0 bridgehead atoms. The van der Waals surface area contributed by atoms with Gasteiger partial charge in [0.2, 0.25) is 5.95 Å². The van der Waals surface area contributed by atoms with E-state index in [9.17, 15) is 9.18 Å². The first kappa shape index (κ1) is 23.9. The van der Waals surface area contributed by atoms with Crippen molar-refractivity contribution in [3.63, 3.8) is 0 Å². The Morgan fingerprint density at radius 2 is 1.81 bits per heavy atom. The lowest BCUT2D eigenvalue weighted by Gasteiger charge is -2.27. The number of hydrogen-bond acceptors (Lipinski definition) is 5. The predicted octanol–water partition coefficient (Wildman–Crippen LogP) is 4.81. The van der Waals surface area contributed by atoms with Crippen molar-refractivity contribution < 1.29 is 4.39 Å². The van der Waals surface area contributed by atoms with E-state index >= 15 is 0 Å². The first-order valence-electron chi connectivity index (χ1n) is 12.4. The molecule has 0 amide bonds. The van der Waals surface area contributed by atoms with Crippen LogP contribution in [0.15, 0.2) is 83.9 Å². The van der Waals surface area contributed by atoms with E-state index in [0.717, 1.165) is 37.8 Å². The number of benzene rings is 2. The van der Waals surface area contributed by atoms with E-state index in [1.165, 1.54) is 17.7 Å². The van der Waals surface area contributed by atoms with E-state index in [0.29, 0.717) is 28.8 Å². The normalized spacial score (nSPS) is 16.1. The Hall–Kier alpha value is -3.84. The zero-order valence-corrected chi connectivity index (χ0v) is 20.3. The molecule has 1 unspecified atom stereocenters. The Balaban J connectivity index is 1.54. The summed E-state index contributed by atoms with van der Waals surface area (Å²) in [7, 11) is 1.73. The van der Waals surface area contributed by atoms with Crippen molar-refractivity contribution >= 4 is 5.95 Å². The molecule has 3 heterocycles. The molecule has 36 heavy (non-hydrogen) atoms. The Morgan fingerprint density at radius 3 is 2.50 bits per heavy atom. The number of hydrogen-bond donors (Lipinski definition) is 2. The summed E-state index contributed by atoms with van der Waals surface area (Å²) >= 11 is 0. The van der Waals surface area contributed by atoms with Crippen LogP contribution in [0, 0.1) is 5.82 Å². The molecule has 2 aromatic carbocycles. The highest BCUT2D eigenvalue weighted by molar-refractivity contribution is 5.80. The van der Waals surface area contributed by atoms with E-state index in [4.69, 9.17) is 4.98 Å². The van der Waals surface area contributed by atoms with Crippen LogP contribution in [0.2, 0.25) is 0 Å². The third-order valence-electron chi connectivity index (χ3n) is 6.86. The molecule has 2 atom stereocenters. The first-order valence-corrected chi connectivity index (χ1v) is 12.4. The first-order chi connectivity index (χ1) is 17.6. The molecule has 4 aromatic rings. The van der Waals surface area contributed by atoms with Crippen LogP contribution in [0.5, 0.6) is 0 Å². The number of pyridine rings is 1. The lowest BCUT2D eigenvalue weighted by Crippen LogP contribution is -2.42. The molecule has 0 spiro atoms. The maximum absolute atomic E-state index is 13.7. The lowest BCUT2D eigenvalue weighted by molar-refractivity contribution is 0.480. The maximum Gasteiger partial charge on any atom is 0.263 e. The van der Waals surface area contributed by atoms with Crippen LogP contribution >= 0.6 is 0 Å². The highest BCUT2D eigenvalue weighted by atomic mass is 19.1. The summed E-state index contributed by atoms with van der Waals surface area (Å²) in [6.07, 6.45) is 7.40. The van der Waals surface area contributed by atoms with Gasteiger partial charge in [-0.15, -0.1) is 0 Å². The van der Waals surface area contributed by atoms with E-state index in [1.54, 1.807) is 36.1 Å². The standard InChI is InChI=1S/C29H30FN5O/c1-35-28(36)26(21-10-12-23(30)13-11-21)27(22-15-18-31-19-16-22)34-29(35)33-25(24-8-5-17-32-24)14-9-20-6-3-2-4-7-20/h2-4,6-7,10-13,15-16,18-19,24-25,32H,5,8-9,14,17H2,1H3,(H,33,34)/t24?,25-/m0/s1. The quantitative estimate of drug-likeness (QED) is 0.376. The molecule has 1 aliphatic rings. The highest BCUT2D eigenvalue weighted by Crippen LogP contribution is 2.29. The van der Waals surface area contributed by atoms with Crippen LogP contribution in [-0.2, 0) is 13.5 Å². The average molecular weight is 484 g/mol. The van der Waals surface area contributed by atoms with Crippen molar-refractivity contribution in [3.05, 3.63) is 101 Å². The number of aromatic nitrogens is 3. The van der Waals surface area contributed by atoms with Gasteiger partial charge in [-0.3, -0.25) is 14.3 Å². The van der Waals surface area contributed by atoms with Crippen LogP contribution in [0.4, 0.5) is 10.3 Å². The van der Waals surface area contributed by atoms with Gasteiger partial charge in [-0.2, -0.15) is 0 Å². The molecule has 5 rings (SSSR count). The van der Waals surface area contributed by atoms with Gasteiger partial charge in [-0.1, -0.05) is 42.5 Å². The zero-order valence-electron chi connectivity index (χ0n) is 20.3. The second-order valence-electron chi connectivity index (χ2n) is 9.24. The maximum atomic E-state index is 13.7. The van der Waals surface area contributed by atoms with E-state index in [-0.39, 0.29) is 17.4 Å². The Labute approximate surface area is 210 Å². The van der Waals surface area contributed by atoms with Crippen molar-refractivity contribution in [2.45, 2.75) is 37.8 Å². The largest absolute Gasteiger partial charge is 0.351 e. The molecule has 2 N–H and O–H groups in total. The molecule has 0 saturated carbocycles. The lowest BCUT2D eigenvalue weighted by atomic mass is 9.98. The van der Waals surface area contributed by atoms with E-state index in [1.807, 2.05) is 18.2 Å². The fourth-order valence-corrected chi connectivity index (χ4v) is 4.89. The van der Waals surface area contributed by atoms with Crippen molar-refractivity contribution in [1.29, 1.82) is 0 Å². The summed E-state index contributed by atoms with van der Waals surface area (Å²) < 4.78 is 15.2. The molecule has 0 radical (unpaired) electrons. The summed E-state index contributed by atoms with van der Waals surface area (Å²) in [6, 6.07) is 20.5. The van der Waals surface area contributed by atoms with Crippen LogP contribution in [-0.4, -0.2) is 33.2 Å². The minimum atomic E-state index is -0.349. The van der Waals surface area contributed by atoms with Crippen LogP contribution in [0.1, 0.15) is 24.8 Å². The van der Waals surface area contributed by atoms with Crippen molar-refractivity contribution in [2.24, 2.45) is 7.05 Å². The van der Waals surface area contributed by atoms with Gasteiger partial charge in [0.15, 0.2) is 0 Å². The number of aryl methyl sites for hydroxylation is 1. The van der Waals surface area contributed by atoms with Crippen molar-refractivity contribution in [1.82, 2.24) is 19.9 Å². The number of nitrogens with zero attached hydrogens (tertiary/aromatic N) is 3. The summed E-state index contributed by atoms with van der Waals surface area (Å²) in [5.74, 6) is 0.169. The molecule has 1 saturated heterocycles. The van der Waals surface area contributed by atoms with Gasteiger partial charge in [0.05, 0.1) is 11.3 Å². The molecule has 0 aliphatic carbocycles. The minimum Gasteiger partial charge on any atom is -0.351 e. The summed E-state index contributed by atoms with van der Waals surface area (Å²) in [6.45, 7) is 0.992. The predicted molar refractivity (Wildman–Crippen MR) is 141 cm³/mol. The Bertz CT molecular complexity index is 1350. The van der Waals surface area contributed by atoms with Gasteiger partial charge >= 0.3 is 0 Å². The van der Waals surface area contributed by atoms with Crippen LogP contribution < -0.4 is 16.2 Å². The molecular formula is C29H30FN5O. The van der Waals surface area contributed by atoms with Gasteiger partial charge in [0, 0.05) is 37.1 Å². The molecule has 2 aromatic heterocycles. The van der Waals surface area contributed by atoms with Crippen molar-refractivity contribution in [3.8, 4) is 22.4 Å². The summed E-state index contributed by atoms with van der Waals surface area (Å²) in [4.78, 5) is 22.8. The molecule has 184 valence electrons. The van der Waals surface area contributed by atoms with Crippen LogP contribution in [0.3, 0.4) is 0 Å². The number of rotatable bonds is 8. The molecule has 7 heteroatoms. The zero-order chi connectivity index (χ0) is 24.9. The highest BCUT2D eigenvalue weighted by Gasteiger charge is 2.27. The topological polar surface area (TPSA) is 71.8 Å². The smallest absolute Gasteiger partial charge is 0.263 e. The second kappa shape index (κ2) is 10.8. The molecule has 1 fully saturated rings. The molecule has 6 nitrogen and oxygen atoms in total. The van der Waals surface area contributed by atoms with Crippen molar-refractivity contribution in [2.75, 3.05) is 11.9 Å². The van der Waals surface area contributed by atoms with Crippen LogP contribution in [0.25, 0.3) is 22.4 Å².